The molecule has 0 atom stereocenters. The van der Waals surface area contributed by atoms with Crippen molar-refractivity contribution in [3.63, 3.8) is 0 Å². The van der Waals surface area contributed by atoms with E-state index in [9.17, 15) is 20.0 Å². The van der Waals surface area contributed by atoms with Gasteiger partial charge in [-0.3, -0.25) is 14.8 Å². The zero-order chi connectivity index (χ0) is 15.6. The summed E-state index contributed by atoms with van der Waals surface area (Å²) < 4.78 is 1.69. The van der Waals surface area contributed by atoms with Crippen molar-refractivity contribution in [2.45, 2.75) is 17.7 Å². The number of benzene rings is 1. The summed E-state index contributed by atoms with van der Waals surface area (Å²) in [6.45, 7) is 1.86. The van der Waals surface area contributed by atoms with Crippen LogP contribution >= 0.6 is 11.8 Å². The standard InChI is InChI=1S/C13H13N3O4S/c1-8-6-11(15(2)14-8)21-7-9-4-3-5-10(16(19)20)12(9)13(17)18/h3-6H,7H2,1-2H3,(H,17,18). The topological polar surface area (TPSA) is 98.3 Å². The zero-order valence-corrected chi connectivity index (χ0v) is 12.3. The third-order valence-electron chi connectivity index (χ3n) is 2.87. The van der Waals surface area contributed by atoms with Gasteiger partial charge >= 0.3 is 5.97 Å². The number of nitro benzene ring substituents is 1. The van der Waals surface area contributed by atoms with Crippen molar-refractivity contribution in [3.05, 3.63) is 51.2 Å². The summed E-state index contributed by atoms with van der Waals surface area (Å²) >= 11 is 1.39. The third kappa shape index (κ3) is 3.22. The highest BCUT2D eigenvalue weighted by Gasteiger charge is 2.23. The zero-order valence-electron chi connectivity index (χ0n) is 11.4. The summed E-state index contributed by atoms with van der Waals surface area (Å²) in [4.78, 5) is 21.6. The number of carboxylic acid groups (broad SMARTS) is 1. The van der Waals surface area contributed by atoms with Crippen molar-refractivity contribution in [1.29, 1.82) is 0 Å². The Bertz CT molecular complexity index is 711. The maximum Gasteiger partial charge on any atom is 0.343 e. The highest BCUT2D eigenvalue weighted by atomic mass is 32.2. The maximum absolute atomic E-state index is 11.3. The Morgan fingerprint density at radius 3 is 2.76 bits per heavy atom. The molecule has 21 heavy (non-hydrogen) atoms. The Morgan fingerprint density at radius 2 is 2.24 bits per heavy atom. The lowest BCUT2D eigenvalue weighted by atomic mass is 10.1. The number of thioether (sulfide) groups is 1. The van der Waals surface area contributed by atoms with Gasteiger partial charge < -0.3 is 5.11 Å². The van der Waals surface area contributed by atoms with Crippen molar-refractivity contribution in [3.8, 4) is 0 Å². The molecule has 0 aliphatic heterocycles. The molecule has 0 aliphatic rings. The molecule has 110 valence electrons. The molecule has 1 aromatic heterocycles. The number of aromatic carboxylic acids is 1. The predicted octanol–water partition coefficient (Wildman–Crippen LogP) is 2.63. The van der Waals surface area contributed by atoms with Crippen LogP contribution in [0.5, 0.6) is 0 Å². The molecule has 0 amide bonds. The number of aryl methyl sites for hydroxylation is 2. The van der Waals surface area contributed by atoms with Crippen LogP contribution in [0.15, 0.2) is 29.3 Å². The molecule has 0 aliphatic carbocycles. The van der Waals surface area contributed by atoms with E-state index in [0.717, 1.165) is 10.7 Å². The molecular formula is C13H13N3O4S. The Hall–Kier alpha value is -2.35. The first-order valence-corrected chi connectivity index (χ1v) is 7.01. The SMILES string of the molecule is Cc1cc(SCc2cccc([N+](=O)[O-])c2C(=O)O)n(C)n1. The quantitative estimate of drug-likeness (QED) is 0.518. The number of aromatic nitrogens is 2. The first-order chi connectivity index (χ1) is 9.90. The number of nitrogens with zero attached hydrogens (tertiary/aromatic N) is 3. The molecule has 1 aromatic carbocycles. The predicted molar refractivity (Wildman–Crippen MR) is 77.6 cm³/mol. The second-order valence-electron chi connectivity index (χ2n) is 4.41. The number of carboxylic acids is 1. The normalized spacial score (nSPS) is 10.6. The number of nitro groups is 1. The summed E-state index contributed by atoms with van der Waals surface area (Å²) in [5, 5.41) is 25.2. The Morgan fingerprint density at radius 1 is 1.52 bits per heavy atom. The van der Waals surface area contributed by atoms with E-state index in [1.807, 2.05) is 13.0 Å². The molecular weight excluding hydrogens is 294 g/mol. The van der Waals surface area contributed by atoms with Gasteiger partial charge in [0.1, 0.15) is 5.56 Å². The van der Waals surface area contributed by atoms with Crippen LogP contribution in [0.4, 0.5) is 5.69 Å². The van der Waals surface area contributed by atoms with E-state index < -0.39 is 10.9 Å². The van der Waals surface area contributed by atoms with Crippen LogP contribution in [-0.4, -0.2) is 25.8 Å². The highest BCUT2D eigenvalue weighted by Crippen LogP contribution is 2.29. The van der Waals surface area contributed by atoms with Crippen molar-refractivity contribution in [2.75, 3.05) is 0 Å². The first-order valence-electron chi connectivity index (χ1n) is 6.03. The molecule has 0 saturated carbocycles. The van der Waals surface area contributed by atoms with Crippen LogP contribution < -0.4 is 0 Å². The van der Waals surface area contributed by atoms with E-state index in [0.29, 0.717) is 11.3 Å². The van der Waals surface area contributed by atoms with Gasteiger partial charge in [-0.1, -0.05) is 12.1 Å². The maximum atomic E-state index is 11.3. The monoisotopic (exact) mass is 307 g/mol. The van der Waals surface area contributed by atoms with Gasteiger partial charge in [-0.15, -0.1) is 11.8 Å². The first kappa shape index (κ1) is 15.0. The van der Waals surface area contributed by atoms with Crippen molar-refractivity contribution in [1.82, 2.24) is 9.78 Å². The minimum atomic E-state index is -1.29. The van der Waals surface area contributed by atoms with E-state index in [4.69, 9.17) is 0 Å². The summed E-state index contributed by atoms with van der Waals surface area (Å²) in [5.74, 6) is -0.971. The molecule has 7 nitrogen and oxygen atoms in total. The average Bonchev–Trinajstić information content (AvgIpc) is 2.73. The van der Waals surface area contributed by atoms with Gasteiger partial charge in [0.25, 0.3) is 5.69 Å². The molecule has 0 fully saturated rings. The summed E-state index contributed by atoms with van der Waals surface area (Å²) in [5.41, 5.74) is 0.633. The molecule has 8 heteroatoms. The van der Waals surface area contributed by atoms with Crippen LogP contribution in [0.1, 0.15) is 21.6 Å². The second kappa shape index (κ2) is 5.96. The minimum Gasteiger partial charge on any atom is -0.477 e. The van der Waals surface area contributed by atoms with E-state index in [2.05, 4.69) is 5.10 Å². The number of rotatable bonds is 5. The van der Waals surface area contributed by atoms with Gasteiger partial charge in [0.15, 0.2) is 0 Å². The largest absolute Gasteiger partial charge is 0.477 e. The lowest BCUT2D eigenvalue weighted by molar-refractivity contribution is -0.385. The molecule has 2 rings (SSSR count). The van der Waals surface area contributed by atoms with Crippen LogP contribution in [0.2, 0.25) is 0 Å². The molecule has 2 aromatic rings. The van der Waals surface area contributed by atoms with Crippen LogP contribution in [0.25, 0.3) is 0 Å². The Balaban J connectivity index is 2.32. The van der Waals surface area contributed by atoms with Gasteiger partial charge in [0.2, 0.25) is 0 Å². The summed E-state index contributed by atoms with van der Waals surface area (Å²) in [6.07, 6.45) is 0. The minimum absolute atomic E-state index is 0.256. The van der Waals surface area contributed by atoms with Gasteiger partial charge in [0.05, 0.1) is 15.6 Å². The number of hydrogen-bond donors (Lipinski definition) is 1. The van der Waals surface area contributed by atoms with Crippen LogP contribution in [0.3, 0.4) is 0 Å². The molecule has 1 heterocycles. The molecule has 1 N–H and O–H groups in total. The molecule has 0 bridgehead atoms. The third-order valence-corrected chi connectivity index (χ3v) is 4.01. The van der Waals surface area contributed by atoms with E-state index in [1.165, 1.54) is 23.9 Å². The highest BCUT2D eigenvalue weighted by molar-refractivity contribution is 7.98. The summed E-state index contributed by atoms with van der Waals surface area (Å²) in [6, 6.07) is 6.16. The van der Waals surface area contributed by atoms with E-state index in [-0.39, 0.29) is 11.3 Å². The summed E-state index contributed by atoms with van der Waals surface area (Å²) in [7, 11) is 1.79. The average molecular weight is 307 g/mol. The van der Waals surface area contributed by atoms with Gasteiger partial charge in [0, 0.05) is 18.9 Å². The van der Waals surface area contributed by atoms with E-state index >= 15 is 0 Å². The molecule has 0 saturated heterocycles. The van der Waals surface area contributed by atoms with Crippen LogP contribution in [0, 0.1) is 17.0 Å². The second-order valence-corrected chi connectivity index (χ2v) is 5.41. The lowest BCUT2D eigenvalue weighted by Crippen LogP contribution is -2.06. The lowest BCUT2D eigenvalue weighted by Gasteiger charge is -2.06. The molecule has 0 radical (unpaired) electrons. The van der Waals surface area contributed by atoms with Gasteiger partial charge in [-0.05, 0) is 18.6 Å². The molecule has 0 unspecified atom stereocenters. The van der Waals surface area contributed by atoms with Crippen molar-refractivity contribution < 1.29 is 14.8 Å². The molecule has 0 spiro atoms. The fraction of sp³-hybridized carbons (Fsp3) is 0.231. The fourth-order valence-electron chi connectivity index (χ4n) is 1.98. The Labute approximate surface area is 124 Å². The van der Waals surface area contributed by atoms with E-state index in [1.54, 1.807) is 17.8 Å². The number of carbonyl (C=O) groups is 1. The van der Waals surface area contributed by atoms with Gasteiger partial charge in [-0.2, -0.15) is 5.10 Å². The number of hydrogen-bond acceptors (Lipinski definition) is 5. The fourth-order valence-corrected chi connectivity index (χ4v) is 3.01. The van der Waals surface area contributed by atoms with Gasteiger partial charge in [-0.25, -0.2) is 4.79 Å². The van der Waals surface area contributed by atoms with Crippen LogP contribution in [-0.2, 0) is 12.8 Å². The Kier molecular flexibility index (Phi) is 4.27. The van der Waals surface area contributed by atoms with Crippen molar-refractivity contribution >= 4 is 23.4 Å². The van der Waals surface area contributed by atoms with Crippen molar-refractivity contribution in [2.24, 2.45) is 7.05 Å². The smallest absolute Gasteiger partial charge is 0.343 e.